The number of pyridine rings is 2. The highest BCUT2D eigenvalue weighted by Crippen LogP contribution is 2.40. The zero-order valence-corrected chi connectivity index (χ0v) is 22.9. The fraction of sp³-hybridized carbons (Fsp3) is 0.400. The molecular weight excluding hydrogens is 497 g/mol. The molecule has 0 saturated carbocycles. The highest BCUT2D eigenvalue weighted by molar-refractivity contribution is 5.87. The molecule has 1 N–H and O–H groups in total. The van der Waals surface area contributed by atoms with Crippen molar-refractivity contribution in [3.63, 3.8) is 0 Å². The van der Waals surface area contributed by atoms with Crippen molar-refractivity contribution in [2.24, 2.45) is 0 Å². The molecule has 39 heavy (non-hydrogen) atoms. The highest BCUT2D eigenvalue weighted by atomic mass is 19.1. The summed E-state index contributed by atoms with van der Waals surface area (Å²) in [5, 5.41) is 8.83. The molecule has 0 radical (unpaired) electrons. The lowest BCUT2D eigenvalue weighted by atomic mass is 9.85. The number of carbonyl (C=O) groups is 1. The average Bonchev–Trinajstić information content (AvgIpc) is 3.50. The normalized spacial score (nSPS) is 19.3. The number of anilines is 1. The van der Waals surface area contributed by atoms with Crippen molar-refractivity contribution < 1.29 is 18.4 Å². The van der Waals surface area contributed by atoms with Gasteiger partial charge in [0.1, 0.15) is 11.6 Å². The van der Waals surface area contributed by atoms with E-state index in [1.165, 1.54) is 18.7 Å². The van der Waals surface area contributed by atoms with E-state index in [0.717, 1.165) is 70.3 Å². The molecule has 1 aromatic carbocycles. The molecule has 1 amide bonds. The molecule has 5 heterocycles. The van der Waals surface area contributed by atoms with Gasteiger partial charge in [-0.05, 0) is 81.8 Å². The van der Waals surface area contributed by atoms with Gasteiger partial charge in [-0.15, -0.1) is 0 Å². The average molecular weight is 530 g/mol. The van der Waals surface area contributed by atoms with Gasteiger partial charge < -0.3 is 19.5 Å². The highest BCUT2D eigenvalue weighted by Gasteiger charge is 2.43. The molecule has 202 valence electrons. The molecule has 1 saturated heterocycles. The Hall–Kier alpha value is -4.01. The van der Waals surface area contributed by atoms with Crippen LogP contribution in [0.5, 0.6) is 5.88 Å². The zero-order chi connectivity index (χ0) is 27.5. The van der Waals surface area contributed by atoms with E-state index in [-0.39, 0.29) is 11.4 Å². The van der Waals surface area contributed by atoms with Crippen molar-refractivity contribution in [3.05, 3.63) is 64.4 Å². The van der Waals surface area contributed by atoms with Crippen molar-refractivity contribution >= 4 is 22.7 Å². The van der Waals surface area contributed by atoms with Crippen LogP contribution in [0.15, 0.2) is 35.0 Å². The molecule has 0 bridgehead atoms. The van der Waals surface area contributed by atoms with Crippen LogP contribution in [0.2, 0.25) is 0 Å². The Kier molecular flexibility index (Phi) is 6.04. The summed E-state index contributed by atoms with van der Waals surface area (Å²) in [6, 6.07) is 7.92. The summed E-state index contributed by atoms with van der Waals surface area (Å²) in [6.07, 6.45) is 3.67. The number of ether oxygens (including phenoxy) is 1. The van der Waals surface area contributed by atoms with Gasteiger partial charge in [-0.2, -0.15) is 0 Å². The van der Waals surface area contributed by atoms with Crippen LogP contribution in [0, 0.1) is 26.6 Å². The first-order chi connectivity index (χ1) is 18.7. The zero-order valence-electron chi connectivity index (χ0n) is 22.9. The summed E-state index contributed by atoms with van der Waals surface area (Å²) in [6.45, 7) is 8.99. The third-order valence-electron chi connectivity index (χ3n) is 8.41. The van der Waals surface area contributed by atoms with Crippen molar-refractivity contribution in [1.29, 1.82) is 0 Å². The molecule has 0 unspecified atom stereocenters. The minimum atomic E-state index is -0.635. The predicted molar refractivity (Wildman–Crippen MR) is 146 cm³/mol. The van der Waals surface area contributed by atoms with Crippen LogP contribution in [0.4, 0.5) is 10.2 Å². The molecule has 1 fully saturated rings. The van der Waals surface area contributed by atoms with Gasteiger partial charge in [-0.1, -0.05) is 5.16 Å². The van der Waals surface area contributed by atoms with Crippen LogP contribution >= 0.6 is 0 Å². The largest absolute Gasteiger partial charge is 0.481 e. The van der Waals surface area contributed by atoms with Gasteiger partial charge >= 0.3 is 0 Å². The Balaban J connectivity index is 1.23. The number of hydrogen-bond acceptors (Lipinski definition) is 7. The Bertz CT molecular complexity index is 1620. The van der Waals surface area contributed by atoms with Gasteiger partial charge in [0.2, 0.25) is 11.8 Å². The number of likely N-dealkylation sites (tertiary alicyclic amines) is 1. The number of rotatable bonds is 4. The smallest absolute Gasteiger partial charge is 0.230 e. The number of hydrogen-bond donors (Lipinski definition) is 1. The Morgan fingerprint density at radius 2 is 1.97 bits per heavy atom. The summed E-state index contributed by atoms with van der Waals surface area (Å²) < 4.78 is 25.2. The third-order valence-corrected chi connectivity index (χ3v) is 8.41. The Morgan fingerprint density at radius 3 is 2.77 bits per heavy atom. The molecule has 1 spiro atoms. The van der Waals surface area contributed by atoms with Gasteiger partial charge in [0.15, 0.2) is 5.58 Å². The van der Waals surface area contributed by atoms with E-state index in [2.05, 4.69) is 40.6 Å². The minimum absolute atomic E-state index is 0.0976. The summed E-state index contributed by atoms with van der Waals surface area (Å²) in [5.41, 5.74) is 7.15. The number of nitrogens with zero attached hydrogens (tertiary/aromatic N) is 4. The molecule has 2 aliphatic heterocycles. The van der Waals surface area contributed by atoms with Gasteiger partial charge in [0.05, 0.1) is 30.5 Å². The standard InChI is InChI=1S/C30H32FN5O3/c1-16-10-24-19(4)35-39-26(24)12-21(16)23-11-20-6-7-30(34-28(20)33-18(23)3)8-9-36(15-30)29(37)17(2)22-13-27(38-5)32-14-25(22)31/h10-14,17H,6-9,15H2,1-5H3,(H,33,34)/t17-,30+/m1/s1. The van der Waals surface area contributed by atoms with E-state index >= 15 is 0 Å². The molecular formula is C30H32FN5O3. The van der Waals surface area contributed by atoms with E-state index in [0.29, 0.717) is 24.5 Å². The number of nitrogens with one attached hydrogen (secondary N) is 1. The van der Waals surface area contributed by atoms with E-state index in [4.69, 9.17) is 14.2 Å². The lowest BCUT2D eigenvalue weighted by Crippen LogP contribution is -2.46. The minimum Gasteiger partial charge on any atom is -0.481 e. The van der Waals surface area contributed by atoms with Crippen LogP contribution in [-0.2, 0) is 11.2 Å². The first-order valence-corrected chi connectivity index (χ1v) is 13.3. The van der Waals surface area contributed by atoms with Crippen LogP contribution < -0.4 is 10.1 Å². The van der Waals surface area contributed by atoms with Crippen LogP contribution in [0.25, 0.3) is 22.1 Å². The summed E-state index contributed by atoms with van der Waals surface area (Å²) in [7, 11) is 1.48. The second-order valence-corrected chi connectivity index (χ2v) is 10.9. The van der Waals surface area contributed by atoms with Crippen molar-refractivity contribution in [2.75, 3.05) is 25.5 Å². The summed E-state index contributed by atoms with van der Waals surface area (Å²) in [5.74, 6) is -0.0619. The van der Waals surface area contributed by atoms with E-state index < -0.39 is 11.7 Å². The van der Waals surface area contributed by atoms with E-state index in [1.54, 1.807) is 6.92 Å². The van der Waals surface area contributed by atoms with Crippen molar-refractivity contribution in [3.8, 4) is 17.0 Å². The van der Waals surface area contributed by atoms with Gasteiger partial charge in [-0.25, -0.2) is 14.4 Å². The van der Waals surface area contributed by atoms with Crippen LogP contribution in [0.1, 0.15) is 53.8 Å². The lowest BCUT2D eigenvalue weighted by Gasteiger charge is -2.36. The quantitative estimate of drug-likeness (QED) is 0.374. The number of fused-ring (bicyclic) bond motifs is 2. The van der Waals surface area contributed by atoms with Crippen LogP contribution in [0.3, 0.4) is 0 Å². The monoisotopic (exact) mass is 529 g/mol. The molecule has 4 aromatic rings. The van der Waals surface area contributed by atoms with Crippen molar-refractivity contribution in [2.45, 2.75) is 58.4 Å². The molecule has 3 aromatic heterocycles. The molecule has 2 atom stereocenters. The van der Waals surface area contributed by atoms with E-state index in [1.807, 2.05) is 18.7 Å². The number of halogens is 1. The number of aryl methyl sites for hydroxylation is 4. The Morgan fingerprint density at radius 1 is 1.15 bits per heavy atom. The maximum absolute atomic E-state index is 14.5. The summed E-state index contributed by atoms with van der Waals surface area (Å²) >= 11 is 0. The van der Waals surface area contributed by atoms with Gasteiger partial charge in [-0.3, -0.25) is 4.79 Å². The van der Waals surface area contributed by atoms with Crippen molar-refractivity contribution in [1.82, 2.24) is 20.0 Å². The van der Waals surface area contributed by atoms with E-state index in [9.17, 15) is 9.18 Å². The fourth-order valence-corrected chi connectivity index (χ4v) is 6.06. The maximum atomic E-state index is 14.5. The SMILES string of the molecule is COc1cc([C@@H](C)C(=O)N2CC[C@@]3(CCc4cc(-c5cc6onc(C)c6cc5C)c(C)nc4N3)C2)c(F)cn1. The lowest BCUT2D eigenvalue weighted by molar-refractivity contribution is -0.131. The number of methoxy groups -OCH3 is 1. The number of aromatic nitrogens is 3. The van der Waals surface area contributed by atoms with Gasteiger partial charge in [0.25, 0.3) is 0 Å². The third kappa shape index (κ3) is 4.30. The van der Waals surface area contributed by atoms with Crippen LogP contribution in [-0.4, -0.2) is 51.7 Å². The summed E-state index contributed by atoms with van der Waals surface area (Å²) in [4.78, 5) is 24.1. The first-order valence-electron chi connectivity index (χ1n) is 13.3. The molecule has 2 aliphatic rings. The topological polar surface area (TPSA) is 93.4 Å². The molecule has 9 heteroatoms. The number of carbonyl (C=O) groups excluding carboxylic acids is 1. The van der Waals surface area contributed by atoms with Gasteiger partial charge in [0, 0.05) is 41.4 Å². The Labute approximate surface area is 226 Å². The second kappa shape index (κ2) is 9.32. The maximum Gasteiger partial charge on any atom is 0.230 e. The number of benzene rings is 1. The molecule has 8 nitrogen and oxygen atoms in total. The predicted octanol–water partition coefficient (Wildman–Crippen LogP) is 5.49. The second-order valence-electron chi connectivity index (χ2n) is 10.9. The molecule has 0 aliphatic carbocycles. The first kappa shape index (κ1) is 25.3. The molecule has 6 rings (SSSR count). The fourth-order valence-electron chi connectivity index (χ4n) is 6.06. The number of amides is 1.